The van der Waals surface area contributed by atoms with Crippen LogP contribution in [0.4, 0.5) is 0 Å². The Morgan fingerprint density at radius 2 is 2.33 bits per heavy atom. The summed E-state index contributed by atoms with van der Waals surface area (Å²) in [7, 11) is -3.20. The summed E-state index contributed by atoms with van der Waals surface area (Å²) in [5.74, 6) is 0. The molecule has 1 N–H and O–H groups in total. The number of hydrogen-bond acceptors (Lipinski definition) is 5. The molecule has 2 aromatic heterocycles. The number of nitrogens with zero attached hydrogens (tertiary/aromatic N) is 3. The monoisotopic (exact) mass is 310 g/mol. The molecule has 0 aliphatic carbocycles. The largest absolute Gasteiger partial charge is 0.472 e. The Bertz CT molecular complexity index is 693. The first-order valence-electron chi connectivity index (χ1n) is 6.72. The summed E-state index contributed by atoms with van der Waals surface area (Å²) in [4.78, 5) is 2.26. The van der Waals surface area contributed by atoms with E-state index in [-0.39, 0.29) is 6.04 Å². The topological polar surface area (TPSA) is 80.4 Å². The van der Waals surface area contributed by atoms with Crippen LogP contribution >= 0.6 is 0 Å². The molecule has 1 aliphatic heterocycles. The molecule has 0 aromatic carbocycles. The van der Waals surface area contributed by atoms with Gasteiger partial charge in [0.25, 0.3) is 0 Å². The highest BCUT2D eigenvalue weighted by molar-refractivity contribution is 7.88. The highest BCUT2D eigenvalue weighted by atomic mass is 32.2. The Labute approximate surface area is 123 Å². The van der Waals surface area contributed by atoms with Gasteiger partial charge in [-0.25, -0.2) is 13.1 Å². The number of fused-ring (bicyclic) bond motifs is 1. The molecule has 2 aromatic rings. The van der Waals surface area contributed by atoms with E-state index in [2.05, 4.69) is 14.7 Å². The van der Waals surface area contributed by atoms with E-state index >= 15 is 0 Å². The van der Waals surface area contributed by atoms with Crippen LogP contribution in [0.3, 0.4) is 0 Å². The molecule has 0 bridgehead atoms. The lowest BCUT2D eigenvalue weighted by Crippen LogP contribution is -2.42. The highest BCUT2D eigenvalue weighted by Crippen LogP contribution is 2.21. The van der Waals surface area contributed by atoms with Crippen molar-refractivity contribution in [2.24, 2.45) is 0 Å². The van der Waals surface area contributed by atoms with Crippen LogP contribution in [-0.2, 0) is 23.1 Å². The first kappa shape index (κ1) is 14.3. The fraction of sp³-hybridized carbons (Fsp3) is 0.462. The Morgan fingerprint density at radius 1 is 1.48 bits per heavy atom. The Hall–Kier alpha value is -1.64. The molecule has 0 spiro atoms. The van der Waals surface area contributed by atoms with Gasteiger partial charge in [0, 0.05) is 37.9 Å². The number of hydrogen-bond donors (Lipinski definition) is 1. The van der Waals surface area contributed by atoms with Crippen LogP contribution in [0.25, 0.3) is 0 Å². The number of nitrogens with one attached hydrogen (secondary N) is 1. The fourth-order valence-corrected chi connectivity index (χ4v) is 3.12. The van der Waals surface area contributed by atoms with Crippen molar-refractivity contribution in [1.29, 1.82) is 0 Å². The van der Waals surface area contributed by atoms with Gasteiger partial charge in [0.2, 0.25) is 10.0 Å². The summed E-state index contributed by atoms with van der Waals surface area (Å²) in [5, 5.41) is 4.31. The number of rotatable bonds is 5. The summed E-state index contributed by atoms with van der Waals surface area (Å²) < 4.78 is 32.2. The van der Waals surface area contributed by atoms with Crippen molar-refractivity contribution in [2.45, 2.75) is 19.1 Å². The summed E-state index contributed by atoms with van der Waals surface area (Å²) in [6.07, 6.45) is 6.31. The lowest BCUT2D eigenvalue weighted by Gasteiger charge is -2.33. The van der Waals surface area contributed by atoms with Crippen LogP contribution in [-0.4, -0.2) is 42.4 Å². The van der Waals surface area contributed by atoms with Crippen LogP contribution in [0.2, 0.25) is 0 Å². The molecule has 3 rings (SSSR count). The average Bonchev–Trinajstić information content (AvgIpc) is 3.05. The second-order valence-corrected chi connectivity index (χ2v) is 7.18. The number of aromatic nitrogens is 2. The Kier molecular flexibility index (Phi) is 3.83. The van der Waals surface area contributed by atoms with Crippen molar-refractivity contribution in [1.82, 2.24) is 19.4 Å². The van der Waals surface area contributed by atoms with Crippen LogP contribution in [0.5, 0.6) is 0 Å². The van der Waals surface area contributed by atoms with E-state index in [1.54, 1.807) is 18.7 Å². The molecular formula is C13H18N4O3S. The maximum atomic E-state index is 11.3. The van der Waals surface area contributed by atoms with Crippen molar-refractivity contribution in [3.63, 3.8) is 0 Å². The smallest absolute Gasteiger partial charge is 0.208 e. The van der Waals surface area contributed by atoms with Gasteiger partial charge in [-0.2, -0.15) is 5.10 Å². The van der Waals surface area contributed by atoms with E-state index in [1.807, 2.05) is 16.8 Å². The summed E-state index contributed by atoms with van der Waals surface area (Å²) in [6.45, 7) is 2.65. The van der Waals surface area contributed by atoms with Gasteiger partial charge < -0.3 is 4.42 Å². The summed E-state index contributed by atoms with van der Waals surface area (Å²) >= 11 is 0. The van der Waals surface area contributed by atoms with Crippen LogP contribution in [0.1, 0.15) is 17.3 Å². The molecule has 0 saturated heterocycles. The van der Waals surface area contributed by atoms with Crippen LogP contribution in [0.15, 0.2) is 35.3 Å². The standard InChI is InChI=1S/C13H18N4O3S/c1-21(18,19)15-6-13-9-16(7-11-3-5-20-10-11)8-12-2-4-14-17(12)13/h2-5,10,13,15H,6-9H2,1H3/t13-/m1/s1. The lowest BCUT2D eigenvalue weighted by molar-refractivity contribution is 0.167. The second-order valence-electron chi connectivity index (χ2n) is 5.34. The molecule has 21 heavy (non-hydrogen) atoms. The van der Waals surface area contributed by atoms with Gasteiger partial charge in [-0.15, -0.1) is 0 Å². The van der Waals surface area contributed by atoms with Crippen molar-refractivity contribution in [3.8, 4) is 0 Å². The predicted octanol–water partition coefficient (Wildman–Crippen LogP) is 0.582. The predicted molar refractivity (Wildman–Crippen MR) is 76.9 cm³/mol. The number of furan rings is 1. The van der Waals surface area contributed by atoms with E-state index < -0.39 is 10.0 Å². The normalized spacial score (nSPS) is 19.6. The SMILES string of the molecule is CS(=O)(=O)NC[C@@H]1CN(Cc2ccoc2)Cc2ccnn21. The average molecular weight is 310 g/mol. The minimum atomic E-state index is -3.20. The van der Waals surface area contributed by atoms with Gasteiger partial charge in [0.05, 0.1) is 30.5 Å². The zero-order valence-corrected chi connectivity index (χ0v) is 12.6. The minimum absolute atomic E-state index is 0.00891. The van der Waals surface area contributed by atoms with Gasteiger partial charge in [-0.3, -0.25) is 9.58 Å². The molecule has 7 nitrogen and oxygen atoms in total. The maximum absolute atomic E-state index is 11.3. The molecule has 8 heteroatoms. The minimum Gasteiger partial charge on any atom is -0.472 e. The van der Waals surface area contributed by atoms with Crippen molar-refractivity contribution in [3.05, 3.63) is 42.1 Å². The first-order valence-corrected chi connectivity index (χ1v) is 8.61. The molecular weight excluding hydrogens is 292 g/mol. The number of sulfonamides is 1. The zero-order valence-electron chi connectivity index (χ0n) is 11.8. The molecule has 0 amide bonds. The van der Waals surface area contributed by atoms with E-state index in [9.17, 15) is 8.42 Å². The molecule has 3 heterocycles. The molecule has 0 saturated carbocycles. The van der Waals surface area contributed by atoms with Crippen molar-refractivity contribution < 1.29 is 12.8 Å². The molecule has 0 fully saturated rings. The first-order chi connectivity index (χ1) is 10.0. The van der Waals surface area contributed by atoms with E-state index in [4.69, 9.17) is 4.42 Å². The Morgan fingerprint density at radius 3 is 3.05 bits per heavy atom. The lowest BCUT2D eigenvalue weighted by atomic mass is 10.1. The van der Waals surface area contributed by atoms with Gasteiger partial charge in [-0.1, -0.05) is 0 Å². The molecule has 114 valence electrons. The van der Waals surface area contributed by atoms with Crippen molar-refractivity contribution in [2.75, 3.05) is 19.3 Å². The van der Waals surface area contributed by atoms with Gasteiger partial charge in [0.1, 0.15) is 0 Å². The maximum Gasteiger partial charge on any atom is 0.208 e. The third kappa shape index (κ3) is 3.52. The quantitative estimate of drug-likeness (QED) is 0.874. The fourth-order valence-electron chi connectivity index (χ4n) is 2.62. The molecule has 0 radical (unpaired) electrons. The van der Waals surface area contributed by atoms with Gasteiger partial charge >= 0.3 is 0 Å². The van der Waals surface area contributed by atoms with E-state index in [0.717, 1.165) is 30.9 Å². The second kappa shape index (κ2) is 5.63. The zero-order chi connectivity index (χ0) is 14.9. The molecule has 0 unspecified atom stereocenters. The van der Waals surface area contributed by atoms with Gasteiger partial charge in [0.15, 0.2) is 0 Å². The van der Waals surface area contributed by atoms with E-state index in [1.165, 1.54) is 6.26 Å². The molecule has 1 aliphatic rings. The third-order valence-electron chi connectivity index (χ3n) is 3.52. The van der Waals surface area contributed by atoms with Crippen LogP contribution < -0.4 is 4.72 Å². The summed E-state index contributed by atoms with van der Waals surface area (Å²) in [6, 6.07) is 3.90. The van der Waals surface area contributed by atoms with Gasteiger partial charge in [-0.05, 0) is 12.1 Å². The van der Waals surface area contributed by atoms with Crippen molar-refractivity contribution >= 4 is 10.0 Å². The summed E-state index contributed by atoms with van der Waals surface area (Å²) in [5.41, 5.74) is 2.20. The Balaban J connectivity index is 1.73. The van der Waals surface area contributed by atoms with Crippen LogP contribution in [0, 0.1) is 0 Å². The molecule has 1 atom stereocenters. The highest BCUT2D eigenvalue weighted by Gasteiger charge is 2.26. The van der Waals surface area contributed by atoms with E-state index in [0.29, 0.717) is 6.54 Å². The third-order valence-corrected chi connectivity index (χ3v) is 4.21.